The third-order valence-corrected chi connectivity index (χ3v) is 3.37. The highest BCUT2D eigenvalue weighted by atomic mass is 16.6. The van der Waals surface area contributed by atoms with E-state index in [1.54, 1.807) is 24.3 Å². The molecule has 0 atom stereocenters. The van der Waals surface area contributed by atoms with Crippen molar-refractivity contribution in [3.8, 4) is 5.75 Å². The van der Waals surface area contributed by atoms with Crippen LogP contribution in [0, 0.1) is 24.0 Å². The molecule has 0 radical (unpaired) electrons. The van der Waals surface area contributed by atoms with Crippen molar-refractivity contribution in [2.45, 2.75) is 13.8 Å². The monoisotopic (exact) mass is 327 g/mol. The molecule has 0 heterocycles. The van der Waals surface area contributed by atoms with Crippen LogP contribution in [-0.2, 0) is 4.79 Å². The first-order valence-electron chi connectivity index (χ1n) is 7.23. The van der Waals surface area contributed by atoms with Crippen molar-refractivity contribution in [1.82, 2.24) is 5.43 Å². The van der Waals surface area contributed by atoms with E-state index in [2.05, 4.69) is 10.5 Å². The Labute approximate surface area is 139 Å². The number of ether oxygens (including phenoxy) is 1. The molecule has 0 bridgehead atoms. The molecule has 1 N–H and O–H groups in total. The zero-order valence-electron chi connectivity index (χ0n) is 13.4. The lowest BCUT2D eigenvalue weighted by atomic mass is 10.1. The Kier molecular flexibility index (Phi) is 5.62. The van der Waals surface area contributed by atoms with E-state index in [0.717, 1.165) is 11.1 Å². The van der Waals surface area contributed by atoms with Crippen molar-refractivity contribution in [3.05, 3.63) is 69.3 Å². The predicted molar refractivity (Wildman–Crippen MR) is 90.2 cm³/mol. The Morgan fingerprint density at radius 2 is 2.00 bits per heavy atom. The van der Waals surface area contributed by atoms with Gasteiger partial charge in [0.05, 0.1) is 16.7 Å². The minimum atomic E-state index is -0.508. The SMILES string of the molecule is Cc1ccc(OCC(=O)NN=Cc2ccccc2[N+](=O)[O-])cc1C. The van der Waals surface area contributed by atoms with Crippen molar-refractivity contribution in [3.63, 3.8) is 0 Å². The second-order valence-electron chi connectivity index (χ2n) is 5.14. The number of amides is 1. The van der Waals surface area contributed by atoms with Crippen LogP contribution in [0.5, 0.6) is 5.75 Å². The summed E-state index contributed by atoms with van der Waals surface area (Å²) in [6, 6.07) is 11.7. The molecule has 2 aromatic rings. The van der Waals surface area contributed by atoms with Gasteiger partial charge in [0.1, 0.15) is 5.75 Å². The average molecular weight is 327 g/mol. The molecule has 1 amide bonds. The van der Waals surface area contributed by atoms with Gasteiger partial charge in [-0.3, -0.25) is 14.9 Å². The molecule has 0 aromatic heterocycles. The number of nitrogens with one attached hydrogen (secondary N) is 1. The van der Waals surface area contributed by atoms with Crippen LogP contribution < -0.4 is 10.2 Å². The molecule has 0 spiro atoms. The smallest absolute Gasteiger partial charge is 0.278 e. The van der Waals surface area contributed by atoms with E-state index in [-0.39, 0.29) is 12.3 Å². The number of benzene rings is 2. The van der Waals surface area contributed by atoms with E-state index in [1.807, 2.05) is 26.0 Å². The number of para-hydroxylation sites is 1. The Hall–Kier alpha value is -3.22. The highest BCUT2D eigenvalue weighted by Crippen LogP contribution is 2.16. The fourth-order valence-electron chi connectivity index (χ4n) is 1.92. The fraction of sp³-hybridized carbons (Fsp3) is 0.176. The number of nitro benzene ring substituents is 1. The summed E-state index contributed by atoms with van der Waals surface area (Å²) >= 11 is 0. The molecule has 0 saturated heterocycles. The quantitative estimate of drug-likeness (QED) is 0.501. The van der Waals surface area contributed by atoms with Crippen LogP contribution in [0.1, 0.15) is 16.7 Å². The van der Waals surface area contributed by atoms with Gasteiger partial charge in [-0.1, -0.05) is 18.2 Å². The van der Waals surface area contributed by atoms with Crippen LogP contribution in [-0.4, -0.2) is 23.7 Å². The third-order valence-electron chi connectivity index (χ3n) is 3.37. The lowest BCUT2D eigenvalue weighted by Gasteiger charge is -2.07. The van der Waals surface area contributed by atoms with E-state index >= 15 is 0 Å². The topological polar surface area (TPSA) is 93.8 Å². The second kappa shape index (κ2) is 7.87. The summed E-state index contributed by atoms with van der Waals surface area (Å²) in [4.78, 5) is 22.1. The van der Waals surface area contributed by atoms with Crippen LogP contribution in [0.3, 0.4) is 0 Å². The van der Waals surface area contributed by atoms with E-state index in [0.29, 0.717) is 11.3 Å². The van der Waals surface area contributed by atoms with Crippen LogP contribution in [0.4, 0.5) is 5.69 Å². The highest BCUT2D eigenvalue weighted by molar-refractivity contribution is 5.86. The van der Waals surface area contributed by atoms with Gasteiger partial charge in [-0.2, -0.15) is 5.10 Å². The van der Waals surface area contributed by atoms with Crippen molar-refractivity contribution in [1.29, 1.82) is 0 Å². The maximum atomic E-state index is 11.7. The number of hydrogen-bond donors (Lipinski definition) is 1. The summed E-state index contributed by atoms with van der Waals surface area (Å²) in [5.74, 6) is 0.138. The highest BCUT2D eigenvalue weighted by Gasteiger charge is 2.10. The minimum absolute atomic E-state index is 0.0816. The maximum Gasteiger partial charge on any atom is 0.278 e. The Morgan fingerprint density at radius 1 is 1.25 bits per heavy atom. The van der Waals surface area contributed by atoms with E-state index < -0.39 is 10.8 Å². The number of aryl methyl sites for hydroxylation is 2. The first kappa shape index (κ1) is 17.1. The lowest BCUT2D eigenvalue weighted by molar-refractivity contribution is -0.385. The number of carbonyl (C=O) groups excluding carboxylic acids is 1. The normalized spacial score (nSPS) is 10.6. The molecule has 7 heteroatoms. The third kappa shape index (κ3) is 4.64. The van der Waals surface area contributed by atoms with Gasteiger partial charge in [-0.15, -0.1) is 0 Å². The molecule has 0 unspecified atom stereocenters. The zero-order valence-corrected chi connectivity index (χ0v) is 13.4. The van der Waals surface area contributed by atoms with Crippen molar-refractivity contribution in [2.24, 2.45) is 5.10 Å². The Morgan fingerprint density at radius 3 is 2.71 bits per heavy atom. The van der Waals surface area contributed by atoms with Gasteiger partial charge in [0.2, 0.25) is 0 Å². The number of nitrogens with zero attached hydrogens (tertiary/aromatic N) is 2. The van der Waals surface area contributed by atoms with E-state index in [9.17, 15) is 14.9 Å². The molecule has 0 fully saturated rings. The van der Waals surface area contributed by atoms with Crippen LogP contribution in [0.25, 0.3) is 0 Å². The molecule has 0 aliphatic rings. The van der Waals surface area contributed by atoms with Gasteiger partial charge >= 0.3 is 0 Å². The zero-order chi connectivity index (χ0) is 17.5. The second-order valence-corrected chi connectivity index (χ2v) is 5.14. The molecule has 2 rings (SSSR count). The van der Waals surface area contributed by atoms with Crippen molar-refractivity contribution in [2.75, 3.05) is 6.61 Å². The van der Waals surface area contributed by atoms with Gasteiger partial charge in [-0.25, -0.2) is 5.43 Å². The summed E-state index contributed by atoms with van der Waals surface area (Å²) in [6.07, 6.45) is 1.23. The Balaban J connectivity index is 1.89. The van der Waals surface area contributed by atoms with Gasteiger partial charge in [-0.05, 0) is 43.2 Å². The van der Waals surface area contributed by atoms with E-state index in [4.69, 9.17) is 4.74 Å². The van der Waals surface area contributed by atoms with Crippen LogP contribution in [0.15, 0.2) is 47.6 Å². The molecule has 0 saturated carbocycles. The van der Waals surface area contributed by atoms with Crippen LogP contribution >= 0.6 is 0 Å². The Bertz CT molecular complexity index is 787. The molecular formula is C17H17N3O4. The largest absolute Gasteiger partial charge is 0.484 e. The average Bonchev–Trinajstić information content (AvgIpc) is 2.56. The molecule has 124 valence electrons. The predicted octanol–water partition coefficient (Wildman–Crippen LogP) is 2.74. The summed E-state index contributed by atoms with van der Waals surface area (Å²) in [6.45, 7) is 3.75. The minimum Gasteiger partial charge on any atom is -0.484 e. The van der Waals surface area contributed by atoms with Crippen molar-refractivity contribution >= 4 is 17.8 Å². The van der Waals surface area contributed by atoms with Gasteiger partial charge in [0.25, 0.3) is 11.6 Å². The summed E-state index contributed by atoms with van der Waals surface area (Å²) in [7, 11) is 0. The molecular weight excluding hydrogens is 310 g/mol. The number of rotatable bonds is 6. The molecule has 2 aromatic carbocycles. The summed E-state index contributed by atoms with van der Waals surface area (Å²) < 4.78 is 5.37. The van der Waals surface area contributed by atoms with E-state index in [1.165, 1.54) is 12.3 Å². The summed E-state index contributed by atoms with van der Waals surface area (Å²) in [5.41, 5.74) is 4.71. The fourth-order valence-corrected chi connectivity index (χ4v) is 1.92. The molecule has 24 heavy (non-hydrogen) atoms. The first-order chi connectivity index (χ1) is 11.5. The number of hydrogen-bond acceptors (Lipinski definition) is 5. The van der Waals surface area contributed by atoms with Crippen LogP contribution in [0.2, 0.25) is 0 Å². The number of nitro groups is 1. The first-order valence-corrected chi connectivity index (χ1v) is 7.23. The molecule has 0 aliphatic carbocycles. The number of carbonyl (C=O) groups is 1. The van der Waals surface area contributed by atoms with Gasteiger partial charge in [0, 0.05) is 6.07 Å². The van der Waals surface area contributed by atoms with Gasteiger partial charge < -0.3 is 4.74 Å². The van der Waals surface area contributed by atoms with Crippen molar-refractivity contribution < 1.29 is 14.5 Å². The lowest BCUT2D eigenvalue weighted by Crippen LogP contribution is -2.24. The van der Waals surface area contributed by atoms with Gasteiger partial charge in [0.15, 0.2) is 6.61 Å². The maximum absolute atomic E-state index is 11.7. The summed E-state index contributed by atoms with van der Waals surface area (Å²) in [5, 5.41) is 14.6. The molecule has 0 aliphatic heterocycles. The number of hydrazone groups is 1. The molecule has 7 nitrogen and oxygen atoms in total. The standard InChI is InChI=1S/C17H17N3O4/c1-12-7-8-15(9-13(12)2)24-11-17(21)19-18-10-14-5-3-4-6-16(14)20(22)23/h3-10H,11H2,1-2H3,(H,19,21).